The summed E-state index contributed by atoms with van der Waals surface area (Å²) >= 11 is 2.89. The molecule has 0 saturated heterocycles. The van der Waals surface area contributed by atoms with Gasteiger partial charge in [-0.05, 0) is 24.3 Å². The molecule has 0 aliphatic rings. The molecule has 0 unspecified atom stereocenters. The van der Waals surface area contributed by atoms with Crippen molar-refractivity contribution < 1.29 is 9.84 Å². The van der Waals surface area contributed by atoms with E-state index in [0.717, 1.165) is 4.34 Å². The van der Waals surface area contributed by atoms with Gasteiger partial charge in [0.25, 0.3) is 0 Å². The van der Waals surface area contributed by atoms with Crippen LogP contribution < -0.4 is 4.74 Å². The van der Waals surface area contributed by atoms with Crippen LogP contribution in [0.4, 0.5) is 0 Å². The minimum Gasteiger partial charge on any atom is -0.491 e. The van der Waals surface area contributed by atoms with Crippen LogP contribution in [-0.4, -0.2) is 33.8 Å². The third kappa shape index (κ3) is 4.52. The van der Waals surface area contributed by atoms with Gasteiger partial charge in [0.15, 0.2) is 4.34 Å². The van der Waals surface area contributed by atoms with Crippen LogP contribution in [0.2, 0.25) is 0 Å². The first-order valence-electron chi connectivity index (χ1n) is 5.48. The normalized spacial score (nSPS) is 11.8. The second-order valence-electron chi connectivity index (χ2n) is 3.62. The summed E-state index contributed by atoms with van der Waals surface area (Å²) in [7, 11) is 0. The summed E-state index contributed by atoms with van der Waals surface area (Å²) in [5, 5.41) is 26.0. The fourth-order valence-corrected chi connectivity index (χ4v) is 2.68. The Morgan fingerprint density at radius 3 is 2.84 bits per heavy atom. The molecule has 7 heteroatoms. The minimum atomic E-state index is -0.579. The average Bonchev–Trinajstić information content (AvgIpc) is 2.96. The Morgan fingerprint density at radius 1 is 1.42 bits per heavy atom. The van der Waals surface area contributed by atoms with E-state index < -0.39 is 6.10 Å². The van der Waals surface area contributed by atoms with Crippen LogP contribution in [0.25, 0.3) is 0 Å². The molecule has 0 saturated carbocycles. The van der Waals surface area contributed by atoms with Gasteiger partial charge in [0, 0.05) is 5.75 Å². The molecule has 0 fully saturated rings. The molecule has 0 amide bonds. The van der Waals surface area contributed by atoms with Gasteiger partial charge in [0.05, 0.1) is 17.7 Å². The van der Waals surface area contributed by atoms with Gasteiger partial charge in [-0.3, -0.25) is 0 Å². The van der Waals surface area contributed by atoms with Crippen LogP contribution in [0.3, 0.4) is 0 Å². The topological polar surface area (TPSA) is 79.0 Å². The molecular formula is C12H11N3O2S2. The molecular weight excluding hydrogens is 282 g/mol. The molecule has 5 nitrogen and oxygen atoms in total. The maximum absolute atomic E-state index is 9.77. The van der Waals surface area contributed by atoms with E-state index in [1.165, 1.54) is 23.1 Å². The van der Waals surface area contributed by atoms with Gasteiger partial charge >= 0.3 is 0 Å². The number of aromatic nitrogens is 2. The Bertz CT molecular complexity index is 537. The highest BCUT2D eigenvalue weighted by atomic mass is 32.2. The van der Waals surface area contributed by atoms with Crippen molar-refractivity contribution in [1.82, 2.24) is 10.2 Å². The van der Waals surface area contributed by atoms with Gasteiger partial charge in [-0.25, -0.2) is 0 Å². The van der Waals surface area contributed by atoms with Crippen LogP contribution in [0.5, 0.6) is 5.75 Å². The van der Waals surface area contributed by atoms with E-state index >= 15 is 0 Å². The van der Waals surface area contributed by atoms with Crippen LogP contribution in [-0.2, 0) is 0 Å². The number of ether oxygens (including phenoxy) is 1. The fourth-order valence-electron chi connectivity index (χ4n) is 1.26. The Kier molecular flexibility index (Phi) is 5.15. The van der Waals surface area contributed by atoms with Crippen molar-refractivity contribution in [3.05, 3.63) is 35.3 Å². The number of nitriles is 1. The Balaban J connectivity index is 1.73. The number of nitrogens with zero attached hydrogens (tertiary/aromatic N) is 3. The van der Waals surface area contributed by atoms with Crippen LogP contribution in [0, 0.1) is 11.3 Å². The second kappa shape index (κ2) is 7.09. The number of hydrogen-bond donors (Lipinski definition) is 1. The first-order chi connectivity index (χ1) is 9.28. The van der Waals surface area contributed by atoms with E-state index in [-0.39, 0.29) is 6.61 Å². The van der Waals surface area contributed by atoms with Gasteiger partial charge in [0.1, 0.15) is 17.9 Å². The molecule has 19 heavy (non-hydrogen) atoms. The molecule has 1 atom stereocenters. The van der Waals surface area contributed by atoms with Gasteiger partial charge in [-0.15, -0.1) is 10.2 Å². The summed E-state index contributed by atoms with van der Waals surface area (Å²) in [6.07, 6.45) is -0.579. The maximum atomic E-state index is 9.77. The molecule has 0 spiro atoms. The number of hydrogen-bond acceptors (Lipinski definition) is 7. The van der Waals surface area contributed by atoms with Crippen molar-refractivity contribution in [3.8, 4) is 11.8 Å². The fraction of sp³-hybridized carbons (Fsp3) is 0.250. The SMILES string of the molecule is N#Cc1ccc(OC[C@H](O)CSc2nncs2)cc1. The molecule has 1 heterocycles. The van der Waals surface area contributed by atoms with E-state index in [4.69, 9.17) is 10.00 Å². The minimum absolute atomic E-state index is 0.206. The highest BCUT2D eigenvalue weighted by Crippen LogP contribution is 2.20. The predicted octanol–water partition coefficient (Wildman–Crippen LogP) is 1.94. The monoisotopic (exact) mass is 293 g/mol. The zero-order valence-corrected chi connectivity index (χ0v) is 11.5. The lowest BCUT2D eigenvalue weighted by Gasteiger charge is -2.11. The molecule has 0 aliphatic carbocycles. The van der Waals surface area contributed by atoms with E-state index in [1.54, 1.807) is 29.8 Å². The maximum Gasteiger partial charge on any atom is 0.174 e. The van der Waals surface area contributed by atoms with Crippen LogP contribution >= 0.6 is 23.1 Å². The molecule has 0 bridgehead atoms. The lowest BCUT2D eigenvalue weighted by Crippen LogP contribution is -2.20. The largest absolute Gasteiger partial charge is 0.491 e. The molecule has 2 rings (SSSR count). The molecule has 98 valence electrons. The lowest BCUT2D eigenvalue weighted by atomic mass is 10.2. The third-order valence-corrected chi connectivity index (χ3v) is 4.17. The molecule has 0 aliphatic heterocycles. The first-order valence-corrected chi connectivity index (χ1v) is 7.34. The zero-order valence-electron chi connectivity index (χ0n) is 9.89. The smallest absolute Gasteiger partial charge is 0.174 e. The Morgan fingerprint density at radius 2 is 2.21 bits per heavy atom. The van der Waals surface area contributed by atoms with Gasteiger partial charge < -0.3 is 9.84 Å². The van der Waals surface area contributed by atoms with E-state index in [9.17, 15) is 5.11 Å². The Labute approximate surface area is 118 Å². The summed E-state index contributed by atoms with van der Waals surface area (Å²) < 4.78 is 6.26. The number of aliphatic hydroxyl groups excluding tert-OH is 1. The number of aliphatic hydroxyl groups is 1. The molecule has 1 N–H and O–H groups in total. The standard InChI is InChI=1S/C12H11N3O2S2/c13-5-9-1-3-11(4-2-9)17-6-10(16)7-18-12-15-14-8-19-12/h1-4,8,10,16H,6-7H2/t10-/m0/s1. The average molecular weight is 293 g/mol. The van der Waals surface area contributed by atoms with Gasteiger partial charge in [-0.1, -0.05) is 23.1 Å². The van der Waals surface area contributed by atoms with Crippen molar-refractivity contribution in [2.24, 2.45) is 0 Å². The number of thioether (sulfide) groups is 1. The van der Waals surface area contributed by atoms with Crippen molar-refractivity contribution in [3.63, 3.8) is 0 Å². The first kappa shape index (κ1) is 13.8. The van der Waals surface area contributed by atoms with Crippen LogP contribution in [0.15, 0.2) is 34.1 Å². The second-order valence-corrected chi connectivity index (χ2v) is 5.72. The highest BCUT2D eigenvalue weighted by molar-refractivity contribution is 8.01. The molecule has 0 radical (unpaired) electrons. The Hall–Kier alpha value is -1.62. The molecule has 1 aromatic heterocycles. The quantitative estimate of drug-likeness (QED) is 0.820. The van der Waals surface area contributed by atoms with Crippen molar-refractivity contribution in [1.29, 1.82) is 5.26 Å². The number of benzene rings is 1. The zero-order chi connectivity index (χ0) is 13.5. The predicted molar refractivity (Wildman–Crippen MR) is 73.3 cm³/mol. The van der Waals surface area contributed by atoms with Crippen molar-refractivity contribution in [2.45, 2.75) is 10.4 Å². The summed E-state index contributed by atoms with van der Waals surface area (Å²) in [5.74, 6) is 1.14. The van der Waals surface area contributed by atoms with Crippen LogP contribution in [0.1, 0.15) is 5.56 Å². The van der Waals surface area contributed by atoms with E-state index in [2.05, 4.69) is 10.2 Å². The van der Waals surface area contributed by atoms with Gasteiger partial charge in [-0.2, -0.15) is 5.26 Å². The van der Waals surface area contributed by atoms with E-state index in [0.29, 0.717) is 17.1 Å². The third-order valence-electron chi connectivity index (χ3n) is 2.17. The van der Waals surface area contributed by atoms with Gasteiger partial charge in [0.2, 0.25) is 0 Å². The summed E-state index contributed by atoms with van der Waals surface area (Å²) in [4.78, 5) is 0. The molecule has 2 aromatic rings. The number of rotatable bonds is 6. The highest BCUT2D eigenvalue weighted by Gasteiger charge is 2.08. The molecule has 1 aromatic carbocycles. The summed E-state index contributed by atoms with van der Waals surface area (Å²) in [6, 6.07) is 8.81. The summed E-state index contributed by atoms with van der Waals surface area (Å²) in [6.45, 7) is 0.206. The lowest BCUT2D eigenvalue weighted by molar-refractivity contribution is 0.126. The van der Waals surface area contributed by atoms with E-state index in [1.807, 2.05) is 6.07 Å². The summed E-state index contributed by atoms with van der Waals surface area (Å²) in [5.41, 5.74) is 2.24. The van der Waals surface area contributed by atoms with Crippen molar-refractivity contribution in [2.75, 3.05) is 12.4 Å². The van der Waals surface area contributed by atoms with Crippen molar-refractivity contribution >= 4 is 23.1 Å².